The molecular weight excluding hydrogens is 394 g/mol. The lowest BCUT2D eigenvalue weighted by molar-refractivity contribution is 0.398. The molecule has 3 heteroatoms. The summed E-state index contributed by atoms with van der Waals surface area (Å²) in [5, 5.41) is 7.70. The van der Waals surface area contributed by atoms with Gasteiger partial charge >= 0.3 is 0 Å². The zero-order chi connectivity index (χ0) is 21.9. The predicted octanol–water partition coefficient (Wildman–Crippen LogP) is 7.12. The number of aryl methyl sites for hydroxylation is 2. The van der Waals surface area contributed by atoms with Gasteiger partial charge < -0.3 is 9.47 Å². The van der Waals surface area contributed by atoms with E-state index in [0.717, 1.165) is 22.3 Å². The van der Waals surface area contributed by atoms with Gasteiger partial charge in [0.1, 0.15) is 11.5 Å². The lowest BCUT2D eigenvalue weighted by atomic mass is 9.86. The van der Waals surface area contributed by atoms with Gasteiger partial charge in [0.25, 0.3) is 0 Å². The average Bonchev–Trinajstić information content (AvgIpc) is 2.88. The maximum absolute atomic E-state index is 5.26. The van der Waals surface area contributed by atoms with Gasteiger partial charge in [0.05, 0.1) is 14.2 Å². The molecule has 32 heavy (non-hydrogen) atoms. The van der Waals surface area contributed by atoms with Crippen molar-refractivity contribution in [1.82, 2.24) is 4.98 Å². The van der Waals surface area contributed by atoms with Crippen LogP contribution in [0.3, 0.4) is 0 Å². The predicted molar refractivity (Wildman–Crippen MR) is 133 cm³/mol. The summed E-state index contributed by atoms with van der Waals surface area (Å²) in [4.78, 5) is 4.05. The molecule has 1 aromatic heterocycles. The van der Waals surface area contributed by atoms with Gasteiger partial charge in [0.2, 0.25) is 0 Å². The Bertz CT molecular complexity index is 1410. The van der Waals surface area contributed by atoms with Crippen molar-refractivity contribution < 1.29 is 9.47 Å². The summed E-state index contributed by atoms with van der Waals surface area (Å²) in [5.41, 5.74) is 3.17. The van der Waals surface area contributed by atoms with E-state index in [-0.39, 0.29) is 0 Å². The van der Waals surface area contributed by atoms with Crippen molar-refractivity contribution in [2.45, 2.75) is 25.7 Å². The second-order valence-corrected chi connectivity index (χ2v) is 8.22. The van der Waals surface area contributed by atoms with Gasteiger partial charge in [0.15, 0.2) is 0 Å². The molecule has 0 N–H and O–H groups in total. The second kappa shape index (κ2) is 8.88. The van der Waals surface area contributed by atoms with Crippen molar-refractivity contribution in [2.75, 3.05) is 14.2 Å². The van der Waals surface area contributed by atoms with Crippen molar-refractivity contribution in [1.29, 1.82) is 0 Å². The van der Waals surface area contributed by atoms with Gasteiger partial charge in [0, 0.05) is 29.2 Å². The Balaban J connectivity index is 0.000000140. The SMILES string of the molecule is COc1cc(OC)c2ccncc2c1.c1ccc2c(c1)ccc1c3c(ccc12)CCCC3. The van der Waals surface area contributed by atoms with Crippen LogP contribution in [0.4, 0.5) is 0 Å². The normalized spacial score (nSPS) is 12.8. The number of nitrogens with zero attached hydrogens (tertiary/aromatic N) is 1. The highest BCUT2D eigenvalue weighted by Gasteiger charge is 2.13. The summed E-state index contributed by atoms with van der Waals surface area (Å²) in [5.74, 6) is 1.59. The topological polar surface area (TPSA) is 31.4 Å². The Kier molecular flexibility index (Phi) is 5.64. The first-order valence-corrected chi connectivity index (χ1v) is 11.2. The van der Waals surface area contributed by atoms with Gasteiger partial charge in [-0.2, -0.15) is 0 Å². The molecule has 3 nitrogen and oxygen atoms in total. The molecule has 5 aromatic rings. The average molecular weight is 422 g/mol. The zero-order valence-corrected chi connectivity index (χ0v) is 18.6. The van der Waals surface area contributed by atoms with Crippen LogP contribution in [-0.4, -0.2) is 19.2 Å². The molecule has 0 atom stereocenters. The van der Waals surface area contributed by atoms with Crippen LogP contribution in [0.1, 0.15) is 24.0 Å². The molecule has 0 radical (unpaired) electrons. The molecule has 160 valence electrons. The van der Waals surface area contributed by atoms with Crippen LogP contribution < -0.4 is 9.47 Å². The first-order chi connectivity index (χ1) is 15.8. The van der Waals surface area contributed by atoms with E-state index in [2.05, 4.69) is 53.5 Å². The third-order valence-electron chi connectivity index (χ3n) is 6.40. The molecule has 0 unspecified atom stereocenters. The van der Waals surface area contributed by atoms with Gasteiger partial charge in [-0.1, -0.05) is 48.5 Å². The molecule has 1 aliphatic rings. The number of methoxy groups -OCH3 is 2. The molecule has 0 saturated heterocycles. The smallest absolute Gasteiger partial charge is 0.130 e. The highest BCUT2D eigenvalue weighted by molar-refractivity contribution is 6.08. The third kappa shape index (κ3) is 3.75. The van der Waals surface area contributed by atoms with Gasteiger partial charge in [-0.15, -0.1) is 0 Å². The van der Waals surface area contributed by atoms with Crippen LogP contribution in [0, 0.1) is 0 Å². The highest BCUT2D eigenvalue weighted by atomic mass is 16.5. The Labute approximate surface area is 188 Å². The van der Waals surface area contributed by atoms with Crippen molar-refractivity contribution in [3.63, 3.8) is 0 Å². The highest BCUT2D eigenvalue weighted by Crippen LogP contribution is 2.33. The zero-order valence-electron chi connectivity index (χ0n) is 18.6. The van der Waals surface area contributed by atoms with Gasteiger partial charge in [-0.25, -0.2) is 0 Å². The van der Waals surface area contributed by atoms with E-state index < -0.39 is 0 Å². The van der Waals surface area contributed by atoms with Crippen LogP contribution in [0.2, 0.25) is 0 Å². The molecule has 0 aliphatic heterocycles. The molecule has 6 rings (SSSR count). The lowest BCUT2D eigenvalue weighted by Gasteiger charge is -2.18. The van der Waals surface area contributed by atoms with E-state index in [1.807, 2.05) is 18.2 Å². The minimum Gasteiger partial charge on any atom is -0.497 e. The molecule has 1 heterocycles. The number of ether oxygens (including phenoxy) is 2. The molecule has 0 saturated carbocycles. The summed E-state index contributed by atoms with van der Waals surface area (Å²) in [7, 11) is 3.28. The van der Waals surface area contributed by atoms with Crippen molar-refractivity contribution >= 4 is 32.3 Å². The fourth-order valence-electron chi connectivity index (χ4n) is 4.78. The Morgan fingerprint density at radius 1 is 0.688 bits per heavy atom. The second-order valence-electron chi connectivity index (χ2n) is 8.22. The summed E-state index contributed by atoms with van der Waals surface area (Å²) in [6.07, 6.45) is 8.76. The fourth-order valence-corrected chi connectivity index (χ4v) is 4.78. The number of fused-ring (bicyclic) bond motifs is 6. The monoisotopic (exact) mass is 421 g/mol. The molecular formula is C29H27NO2. The van der Waals surface area contributed by atoms with E-state index in [4.69, 9.17) is 9.47 Å². The molecule has 0 fully saturated rings. The minimum atomic E-state index is 0.780. The number of hydrogen-bond donors (Lipinski definition) is 0. The number of benzene rings is 4. The van der Waals surface area contributed by atoms with E-state index in [1.165, 1.54) is 47.2 Å². The van der Waals surface area contributed by atoms with Crippen LogP contribution in [0.15, 0.2) is 79.1 Å². The van der Waals surface area contributed by atoms with E-state index in [0.29, 0.717) is 0 Å². The Morgan fingerprint density at radius 2 is 1.53 bits per heavy atom. The van der Waals surface area contributed by atoms with Crippen molar-refractivity contribution in [2.24, 2.45) is 0 Å². The largest absolute Gasteiger partial charge is 0.497 e. The molecule has 0 amide bonds. The number of aromatic nitrogens is 1. The van der Waals surface area contributed by atoms with Crippen LogP contribution in [0.25, 0.3) is 32.3 Å². The molecule has 0 spiro atoms. The van der Waals surface area contributed by atoms with Crippen LogP contribution in [-0.2, 0) is 12.8 Å². The molecule has 4 aromatic carbocycles. The van der Waals surface area contributed by atoms with E-state index >= 15 is 0 Å². The first-order valence-electron chi connectivity index (χ1n) is 11.2. The van der Waals surface area contributed by atoms with Crippen molar-refractivity contribution in [3.8, 4) is 11.5 Å². The minimum absolute atomic E-state index is 0.780. The van der Waals surface area contributed by atoms with Crippen LogP contribution in [0.5, 0.6) is 11.5 Å². The van der Waals surface area contributed by atoms with Gasteiger partial charge in [-0.3, -0.25) is 4.98 Å². The summed E-state index contributed by atoms with van der Waals surface area (Å²) in [6, 6.07) is 23.7. The maximum Gasteiger partial charge on any atom is 0.130 e. The number of rotatable bonds is 2. The lowest BCUT2D eigenvalue weighted by Crippen LogP contribution is -2.02. The number of pyridine rings is 1. The van der Waals surface area contributed by atoms with E-state index in [9.17, 15) is 0 Å². The maximum atomic E-state index is 5.26. The standard InChI is InChI=1S/C18H16.C11H11NO2/c1-3-7-15-13(5-1)9-11-18-16-8-4-2-6-14(16)10-12-17(15)18;1-13-9-5-8-7-12-4-3-10(8)11(6-9)14-2/h1,3,5,7,9-12H,2,4,6,8H2;3-7H,1-2H3. The summed E-state index contributed by atoms with van der Waals surface area (Å²) in [6.45, 7) is 0. The molecule has 0 bridgehead atoms. The van der Waals surface area contributed by atoms with Crippen LogP contribution >= 0.6 is 0 Å². The fraction of sp³-hybridized carbons (Fsp3) is 0.207. The van der Waals surface area contributed by atoms with E-state index in [1.54, 1.807) is 37.7 Å². The van der Waals surface area contributed by atoms with Gasteiger partial charge in [-0.05, 0) is 70.5 Å². The Hall–Kier alpha value is -3.59. The molecule has 1 aliphatic carbocycles. The number of hydrogen-bond acceptors (Lipinski definition) is 3. The quantitative estimate of drug-likeness (QED) is 0.284. The van der Waals surface area contributed by atoms with Crippen molar-refractivity contribution in [3.05, 3.63) is 90.3 Å². The third-order valence-corrected chi connectivity index (χ3v) is 6.40. The Morgan fingerprint density at radius 3 is 2.41 bits per heavy atom. The first kappa shape index (κ1) is 20.3. The summed E-state index contributed by atoms with van der Waals surface area (Å²) >= 11 is 0. The summed E-state index contributed by atoms with van der Waals surface area (Å²) < 4.78 is 10.4.